The molecule has 2 aromatic carbocycles. The maximum Gasteiger partial charge on any atom is 0.417 e. The molecule has 0 radical (unpaired) electrons. The van der Waals surface area contributed by atoms with Gasteiger partial charge >= 0.3 is 6.18 Å². The number of nitrogens with one attached hydrogen (secondary N) is 1. The van der Waals surface area contributed by atoms with Gasteiger partial charge in [0.2, 0.25) is 0 Å². The Balaban J connectivity index is 2.43. The molecule has 0 atom stereocenters. The Labute approximate surface area is 143 Å². The van der Waals surface area contributed by atoms with Gasteiger partial charge in [-0.3, -0.25) is 4.72 Å². The molecule has 0 fully saturated rings. The van der Waals surface area contributed by atoms with E-state index < -0.39 is 37.9 Å². The first-order valence-electron chi connectivity index (χ1n) is 7.31. The van der Waals surface area contributed by atoms with Crippen molar-refractivity contribution < 1.29 is 26.0 Å². The number of alkyl halides is 3. The standard InChI is InChI=1S/C17H17F4NO2S/c1-16(2,3)12-9-8-11(10-14(12)18)22-25(23,24)15-7-5-4-6-13(15)17(19,20)21/h4-10,22H,1-3H3. The van der Waals surface area contributed by atoms with Gasteiger partial charge in [0.05, 0.1) is 16.1 Å². The largest absolute Gasteiger partial charge is 0.417 e. The second-order valence-electron chi connectivity index (χ2n) is 6.54. The Hall–Kier alpha value is -2.09. The molecule has 0 bridgehead atoms. The molecular formula is C17H17F4NO2S. The second kappa shape index (κ2) is 6.33. The van der Waals surface area contributed by atoms with Crippen molar-refractivity contribution in [2.24, 2.45) is 0 Å². The van der Waals surface area contributed by atoms with Gasteiger partial charge in [-0.05, 0) is 35.2 Å². The molecule has 25 heavy (non-hydrogen) atoms. The van der Waals surface area contributed by atoms with Gasteiger partial charge in [0.1, 0.15) is 5.82 Å². The Morgan fingerprint density at radius 3 is 2.04 bits per heavy atom. The summed E-state index contributed by atoms with van der Waals surface area (Å²) in [5, 5.41) is 0. The summed E-state index contributed by atoms with van der Waals surface area (Å²) in [4.78, 5) is -0.914. The van der Waals surface area contributed by atoms with E-state index in [1.807, 2.05) is 4.72 Å². The summed E-state index contributed by atoms with van der Waals surface area (Å²) in [6, 6.07) is 7.49. The van der Waals surface area contributed by atoms with Crippen molar-refractivity contribution in [1.29, 1.82) is 0 Å². The third-order valence-electron chi connectivity index (χ3n) is 3.51. The highest BCUT2D eigenvalue weighted by atomic mass is 32.2. The van der Waals surface area contributed by atoms with E-state index >= 15 is 0 Å². The van der Waals surface area contributed by atoms with Crippen molar-refractivity contribution in [2.45, 2.75) is 37.3 Å². The molecule has 136 valence electrons. The van der Waals surface area contributed by atoms with Crippen molar-refractivity contribution in [2.75, 3.05) is 4.72 Å². The molecule has 2 rings (SSSR count). The molecule has 0 aromatic heterocycles. The Morgan fingerprint density at radius 1 is 0.920 bits per heavy atom. The SMILES string of the molecule is CC(C)(C)c1ccc(NS(=O)(=O)c2ccccc2C(F)(F)F)cc1F. The lowest BCUT2D eigenvalue weighted by Gasteiger charge is -2.20. The fourth-order valence-corrected chi connectivity index (χ4v) is 3.61. The van der Waals surface area contributed by atoms with Crippen LogP contribution in [-0.4, -0.2) is 8.42 Å². The van der Waals surface area contributed by atoms with Crippen LogP contribution < -0.4 is 4.72 Å². The van der Waals surface area contributed by atoms with Crippen LogP contribution in [0.25, 0.3) is 0 Å². The molecule has 0 aliphatic carbocycles. The molecular weight excluding hydrogens is 358 g/mol. The lowest BCUT2D eigenvalue weighted by atomic mass is 9.86. The van der Waals surface area contributed by atoms with Crippen LogP contribution in [0.15, 0.2) is 47.4 Å². The van der Waals surface area contributed by atoms with Gasteiger partial charge in [0, 0.05) is 0 Å². The zero-order valence-corrected chi connectivity index (χ0v) is 14.6. The second-order valence-corrected chi connectivity index (χ2v) is 8.19. The number of halogens is 4. The fourth-order valence-electron chi connectivity index (χ4n) is 2.33. The van der Waals surface area contributed by atoms with Crippen molar-refractivity contribution in [3.05, 3.63) is 59.4 Å². The predicted molar refractivity (Wildman–Crippen MR) is 87.4 cm³/mol. The molecule has 0 saturated heterocycles. The van der Waals surface area contributed by atoms with Crippen LogP contribution in [0.1, 0.15) is 31.9 Å². The van der Waals surface area contributed by atoms with E-state index in [1.54, 1.807) is 20.8 Å². The van der Waals surface area contributed by atoms with E-state index in [1.165, 1.54) is 18.2 Å². The summed E-state index contributed by atoms with van der Waals surface area (Å²) in [6.45, 7) is 5.36. The number of anilines is 1. The molecule has 0 saturated carbocycles. The van der Waals surface area contributed by atoms with Crippen LogP contribution in [0.3, 0.4) is 0 Å². The van der Waals surface area contributed by atoms with Crippen LogP contribution in [0, 0.1) is 5.82 Å². The monoisotopic (exact) mass is 375 g/mol. The molecule has 0 unspecified atom stereocenters. The number of sulfonamides is 1. The Kier molecular flexibility index (Phi) is 4.87. The summed E-state index contributed by atoms with van der Waals surface area (Å²) in [6.07, 6.45) is -4.83. The van der Waals surface area contributed by atoms with E-state index in [4.69, 9.17) is 0 Å². The van der Waals surface area contributed by atoms with Gasteiger partial charge < -0.3 is 0 Å². The van der Waals surface area contributed by atoms with E-state index in [0.29, 0.717) is 11.6 Å². The van der Waals surface area contributed by atoms with Gasteiger partial charge in [0.15, 0.2) is 0 Å². The zero-order valence-electron chi connectivity index (χ0n) is 13.8. The van der Waals surface area contributed by atoms with E-state index in [-0.39, 0.29) is 5.69 Å². The number of hydrogen-bond donors (Lipinski definition) is 1. The minimum atomic E-state index is -4.83. The molecule has 2 aromatic rings. The van der Waals surface area contributed by atoms with Crippen LogP contribution >= 0.6 is 0 Å². The topological polar surface area (TPSA) is 46.2 Å². The molecule has 0 heterocycles. The smallest absolute Gasteiger partial charge is 0.280 e. The van der Waals surface area contributed by atoms with Crippen LogP contribution in [0.2, 0.25) is 0 Å². The van der Waals surface area contributed by atoms with Gasteiger partial charge in [-0.15, -0.1) is 0 Å². The number of benzene rings is 2. The van der Waals surface area contributed by atoms with Crippen molar-refractivity contribution in [3.63, 3.8) is 0 Å². The van der Waals surface area contributed by atoms with E-state index in [2.05, 4.69) is 0 Å². The van der Waals surface area contributed by atoms with Gasteiger partial charge in [-0.1, -0.05) is 39.0 Å². The molecule has 1 N–H and O–H groups in total. The minimum Gasteiger partial charge on any atom is -0.280 e. The maximum absolute atomic E-state index is 14.2. The normalized spacial score (nSPS) is 12.9. The predicted octanol–water partition coefficient (Wildman–Crippen LogP) is 4.94. The summed E-state index contributed by atoms with van der Waals surface area (Å²) in [7, 11) is -4.53. The lowest BCUT2D eigenvalue weighted by Crippen LogP contribution is -2.19. The summed E-state index contributed by atoms with van der Waals surface area (Å²) >= 11 is 0. The molecule has 3 nitrogen and oxygen atoms in total. The average Bonchev–Trinajstić information content (AvgIpc) is 2.44. The highest BCUT2D eigenvalue weighted by Gasteiger charge is 2.37. The zero-order chi connectivity index (χ0) is 19.0. The third kappa shape index (κ3) is 4.31. The average molecular weight is 375 g/mol. The maximum atomic E-state index is 14.2. The Morgan fingerprint density at radius 2 is 1.52 bits per heavy atom. The minimum absolute atomic E-state index is 0.150. The highest BCUT2D eigenvalue weighted by molar-refractivity contribution is 7.92. The van der Waals surface area contributed by atoms with Crippen molar-refractivity contribution >= 4 is 15.7 Å². The van der Waals surface area contributed by atoms with E-state index in [0.717, 1.165) is 18.2 Å². The number of hydrogen-bond acceptors (Lipinski definition) is 2. The fraction of sp³-hybridized carbons (Fsp3) is 0.294. The first-order chi connectivity index (χ1) is 11.3. The van der Waals surface area contributed by atoms with Crippen LogP contribution in [0.5, 0.6) is 0 Å². The lowest BCUT2D eigenvalue weighted by molar-refractivity contribution is -0.139. The van der Waals surface area contributed by atoms with E-state index in [9.17, 15) is 26.0 Å². The number of rotatable bonds is 3. The highest BCUT2D eigenvalue weighted by Crippen LogP contribution is 2.35. The third-order valence-corrected chi connectivity index (χ3v) is 4.95. The Bertz CT molecular complexity index is 884. The first kappa shape index (κ1) is 19.2. The molecule has 0 amide bonds. The van der Waals surface area contributed by atoms with Crippen LogP contribution in [0.4, 0.5) is 23.2 Å². The van der Waals surface area contributed by atoms with Crippen molar-refractivity contribution in [1.82, 2.24) is 0 Å². The quantitative estimate of drug-likeness (QED) is 0.772. The van der Waals surface area contributed by atoms with Gasteiger partial charge in [0.25, 0.3) is 10.0 Å². The summed E-state index contributed by atoms with van der Waals surface area (Å²) < 4.78 is 79.9. The van der Waals surface area contributed by atoms with Gasteiger partial charge in [-0.2, -0.15) is 13.2 Å². The molecule has 0 aliphatic rings. The van der Waals surface area contributed by atoms with Crippen LogP contribution in [-0.2, 0) is 21.6 Å². The molecule has 0 aliphatic heterocycles. The molecule has 0 spiro atoms. The summed E-state index contributed by atoms with van der Waals surface area (Å²) in [5.41, 5.74) is -1.56. The van der Waals surface area contributed by atoms with Gasteiger partial charge in [-0.25, -0.2) is 12.8 Å². The molecule has 8 heteroatoms. The summed E-state index contributed by atoms with van der Waals surface area (Å²) in [5.74, 6) is -0.642. The first-order valence-corrected chi connectivity index (χ1v) is 8.80. The van der Waals surface area contributed by atoms with Crippen molar-refractivity contribution in [3.8, 4) is 0 Å².